The Morgan fingerprint density at radius 2 is 1.85 bits per heavy atom. The van der Waals surface area contributed by atoms with Gasteiger partial charge in [-0.2, -0.15) is 0 Å². The van der Waals surface area contributed by atoms with Crippen LogP contribution in [0, 0.1) is 0 Å². The number of nitrogens with one attached hydrogen (secondary N) is 2. The molecule has 5 nitrogen and oxygen atoms in total. The number of rotatable bonds is 10. The molecule has 2 N–H and O–H groups in total. The maximum Gasteiger partial charge on any atom is 0.211 e. The second-order valence-electron chi connectivity index (χ2n) is 6.09. The normalized spacial score (nSPS) is 17.4. The first kappa shape index (κ1) is 17.9. The average molecular weight is 305 g/mol. The van der Waals surface area contributed by atoms with Crippen LogP contribution in [-0.2, 0) is 10.0 Å². The largest absolute Gasteiger partial charge is 0.314 e. The van der Waals surface area contributed by atoms with Crippen LogP contribution in [0.25, 0.3) is 0 Å². The molecule has 0 atom stereocenters. The lowest BCUT2D eigenvalue weighted by atomic mass is 10.2. The molecule has 0 aliphatic heterocycles. The fraction of sp³-hybridized carbons (Fsp3) is 1.00. The Morgan fingerprint density at radius 3 is 2.45 bits per heavy atom. The van der Waals surface area contributed by atoms with Crippen LogP contribution >= 0.6 is 0 Å². The van der Waals surface area contributed by atoms with E-state index in [2.05, 4.69) is 35.8 Å². The highest BCUT2D eigenvalue weighted by Gasteiger charge is 2.19. The zero-order valence-corrected chi connectivity index (χ0v) is 14.0. The molecule has 0 radical (unpaired) electrons. The maximum absolute atomic E-state index is 11.8. The molecule has 1 aliphatic carbocycles. The molecule has 20 heavy (non-hydrogen) atoms. The molecule has 0 unspecified atom stereocenters. The van der Waals surface area contributed by atoms with Crippen LogP contribution in [0.1, 0.15) is 46.0 Å². The molecule has 0 aromatic carbocycles. The predicted molar refractivity (Wildman–Crippen MR) is 84.4 cm³/mol. The lowest BCUT2D eigenvalue weighted by Crippen LogP contribution is -2.38. The Kier molecular flexibility index (Phi) is 8.02. The second kappa shape index (κ2) is 8.97. The lowest BCUT2D eigenvalue weighted by Gasteiger charge is -2.23. The van der Waals surface area contributed by atoms with Gasteiger partial charge in [-0.1, -0.05) is 26.7 Å². The molecule has 120 valence electrons. The van der Waals surface area contributed by atoms with Crippen molar-refractivity contribution in [3.05, 3.63) is 0 Å². The van der Waals surface area contributed by atoms with Crippen molar-refractivity contribution >= 4 is 10.0 Å². The summed E-state index contributed by atoms with van der Waals surface area (Å²) in [7, 11) is -1.02. The first-order valence-electron chi connectivity index (χ1n) is 7.81. The van der Waals surface area contributed by atoms with E-state index in [1.54, 1.807) is 0 Å². The number of sulfonamides is 1. The fourth-order valence-electron chi connectivity index (χ4n) is 2.63. The molecule has 0 bridgehead atoms. The number of nitrogens with zero attached hydrogens (tertiary/aromatic N) is 1. The third-order valence-corrected chi connectivity index (χ3v) is 5.35. The molecule has 6 heteroatoms. The van der Waals surface area contributed by atoms with E-state index in [9.17, 15) is 8.42 Å². The van der Waals surface area contributed by atoms with Gasteiger partial charge < -0.3 is 10.2 Å². The molecule has 1 aliphatic rings. The summed E-state index contributed by atoms with van der Waals surface area (Å²) in [5.41, 5.74) is 0. The van der Waals surface area contributed by atoms with Crippen molar-refractivity contribution in [1.29, 1.82) is 0 Å². The van der Waals surface area contributed by atoms with Crippen LogP contribution in [0.2, 0.25) is 0 Å². The molecule has 0 heterocycles. The van der Waals surface area contributed by atoms with E-state index in [1.807, 2.05) is 0 Å². The molecule has 0 aromatic rings. The number of hydrogen-bond donors (Lipinski definition) is 2. The summed E-state index contributed by atoms with van der Waals surface area (Å²) >= 11 is 0. The van der Waals surface area contributed by atoms with Crippen LogP contribution < -0.4 is 10.0 Å². The van der Waals surface area contributed by atoms with Crippen LogP contribution in [0.15, 0.2) is 0 Å². The highest BCUT2D eigenvalue weighted by Crippen LogP contribution is 2.21. The van der Waals surface area contributed by atoms with Gasteiger partial charge in [0, 0.05) is 25.2 Å². The minimum atomic E-state index is -3.12. The van der Waals surface area contributed by atoms with Gasteiger partial charge in [0.15, 0.2) is 0 Å². The van der Waals surface area contributed by atoms with Crippen molar-refractivity contribution in [3.63, 3.8) is 0 Å². The van der Waals surface area contributed by atoms with Gasteiger partial charge in [-0.25, -0.2) is 13.1 Å². The molecule has 1 saturated carbocycles. The Labute approximate surface area is 124 Å². The highest BCUT2D eigenvalue weighted by molar-refractivity contribution is 7.89. The Balaban J connectivity index is 2.12. The van der Waals surface area contributed by atoms with Crippen LogP contribution in [0.5, 0.6) is 0 Å². The van der Waals surface area contributed by atoms with Gasteiger partial charge in [-0.3, -0.25) is 0 Å². The molecule has 0 saturated heterocycles. The topological polar surface area (TPSA) is 61.4 Å². The van der Waals surface area contributed by atoms with Gasteiger partial charge in [0.1, 0.15) is 0 Å². The Hall–Kier alpha value is -0.170. The second-order valence-corrected chi connectivity index (χ2v) is 8.02. The third kappa shape index (κ3) is 7.57. The first-order chi connectivity index (χ1) is 9.41. The van der Waals surface area contributed by atoms with Gasteiger partial charge in [0.25, 0.3) is 0 Å². The number of likely N-dealkylation sites (N-methyl/N-ethyl adjacent to an activating group) is 1. The molecule has 0 aromatic heterocycles. The van der Waals surface area contributed by atoms with Crippen LogP contribution in [0.3, 0.4) is 0 Å². The molecule has 0 amide bonds. The van der Waals surface area contributed by atoms with Crippen molar-refractivity contribution in [1.82, 2.24) is 14.9 Å². The monoisotopic (exact) mass is 305 g/mol. The van der Waals surface area contributed by atoms with Crippen LogP contribution in [-0.4, -0.2) is 57.8 Å². The van der Waals surface area contributed by atoms with Crippen molar-refractivity contribution in [2.75, 3.05) is 32.4 Å². The van der Waals surface area contributed by atoms with Gasteiger partial charge in [0.2, 0.25) is 10.0 Å². The fourth-order valence-corrected chi connectivity index (χ4v) is 3.70. The SMILES string of the molecule is CC(C)NCCCS(=O)(=O)NCCN(C)C1CCCC1. The summed E-state index contributed by atoms with van der Waals surface area (Å²) in [4.78, 5) is 2.29. The standard InChI is InChI=1S/C14H31N3O2S/c1-13(2)15-9-6-12-20(18,19)16-10-11-17(3)14-7-4-5-8-14/h13-16H,4-12H2,1-3H3. The van der Waals surface area contributed by atoms with Crippen molar-refractivity contribution < 1.29 is 8.42 Å². The van der Waals surface area contributed by atoms with Gasteiger partial charge in [0.05, 0.1) is 5.75 Å². The summed E-state index contributed by atoms with van der Waals surface area (Å²) < 4.78 is 26.3. The van der Waals surface area contributed by atoms with E-state index in [1.165, 1.54) is 25.7 Å². The summed E-state index contributed by atoms with van der Waals surface area (Å²) in [5.74, 6) is 0.208. The average Bonchev–Trinajstić information content (AvgIpc) is 2.88. The molecular formula is C14H31N3O2S. The van der Waals surface area contributed by atoms with E-state index in [-0.39, 0.29) is 5.75 Å². The van der Waals surface area contributed by atoms with Gasteiger partial charge in [-0.05, 0) is 32.9 Å². The summed E-state index contributed by atoms with van der Waals surface area (Å²) in [6.45, 7) is 6.19. The van der Waals surface area contributed by atoms with Gasteiger partial charge in [-0.15, -0.1) is 0 Å². The summed E-state index contributed by atoms with van der Waals surface area (Å²) in [5, 5.41) is 3.23. The van der Waals surface area contributed by atoms with Crippen molar-refractivity contribution in [2.45, 2.75) is 58.0 Å². The summed E-state index contributed by atoms with van der Waals surface area (Å²) in [6, 6.07) is 1.06. The van der Waals surface area contributed by atoms with E-state index in [0.717, 1.165) is 13.1 Å². The highest BCUT2D eigenvalue weighted by atomic mass is 32.2. The van der Waals surface area contributed by atoms with E-state index < -0.39 is 10.0 Å². The molecule has 1 rings (SSSR count). The van der Waals surface area contributed by atoms with Crippen molar-refractivity contribution in [3.8, 4) is 0 Å². The maximum atomic E-state index is 11.8. The predicted octanol–water partition coefficient (Wildman–Crippen LogP) is 1.17. The van der Waals surface area contributed by atoms with E-state index in [4.69, 9.17) is 0 Å². The first-order valence-corrected chi connectivity index (χ1v) is 9.47. The summed E-state index contributed by atoms with van der Waals surface area (Å²) in [6.07, 6.45) is 5.79. The molecule has 0 spiro atoms. The zero-order valence-electron chi connectivity index (χ0n) is 13.2. The lowest BCUT2D eigenvalue weighted by molar-refractivity contribution is 0.250. The van der Waals surface area contributed by atoms with E-state index >= 15 is 0 Å². The number of hydrogen-bond acceptors (Lipinski definition) is 4. The minimum absolute atomic E-state index is 0.208. The van der Waals surface area contributed by atoms with Crippen LogP contribution in [0.4, 0.5) is 0 Å². The Bertz CT molecular complexity index is 351. The van der Waals surface area contributed by atoms with Crippen molar-refractivity contribution in [2.24, 2.45) is 0 Å². The quantitative estimate of drug-likeness (QED) is 0.595. The van der Waals surface area contributed by atoms with Gasteiger partial charge >= 0.3 is 0 Å². The van der Waals surface area contributed by atoms with E-state index in [0.29, 0.717) is 25.0 Å². The third-order valence-electron chi connectivity index (χ3n) is 3.88. The molecular weight excluding hydrogens is 274 g/mol. The smallest absolute Gasteiger partial charge is 0.211 e. The Morgan fingerprint density at radius 1 is 1.20 bits per heavy atom. The minimum Gasteiger partial charge on any atom is -0.314 e. The zero-order chi connectivity index (χ0) is 15.0. The molecule has 1 fully saturated rings.